The second kappa shape index (κ2) is 11.3. The summed E-state index contributed by atoms with van der Waals surface area (Å²) < 4.78 is 8.33. The number of ether oxygens (including phenoxy) is 1. The Kier molecular flexibility index (Phi) is 8.76. The summed E-state index contributed by atoms with van der Waals surface area (Å²) in [7, 11) is 0. The number of guanidine groups is 1. The number of nitrogens with one attached hydrogen (secondary N) is 2. The third-order valence-corrected chi connectivity index (χ3v) is 5.96. The molecule has 0 spiro atoms. The van der Waals surface area contributed by atoms with Crippen molar-refractivity contribution in [1.29, 1.82) is 0 Å². The summed E-state index contributed by atoms with van der Waals surface area (Å²) in [6, 6.07) is 8.98. The zero-order chi connectivity index (χ0) is 20.1. The fourth-order valence-electron chi connectivity index (χ4n) is 4.45. The van der Waals surface area contributed by atoms with Gasteiger partial charge < -0.3 is 19.9 Å². The molecule has 0 saturated carbocycles. The average molecular weight is 526 g/mol. The number of para-hydroxylation sites is 2. The number of aryl methyl sites for hydroxylation is 2. The summed E-state index contributed by atoms with van der Waals surface area (Å²) in [4.78, 5) is 12.0. The van der Waals surface area contributed by atoms with Crippen LogP contribution < -0.4 is 10.6 Å². The van der Waals surface area contributed by atoms with E-state index in [4.69, 9.17) is 9.73 Å². The normalized spacial score (nSPS) is 22.0. The van der Waals surface area contributed by atoms with Gasteiger partial charge in [0.05, 0.1) is 30.3 Å². The van der Waals surface area contributed by atoms with Gasteiger partial charge in [-0.25, -0.2) is 4.98 Å². The number of benzene rings is 1. The van der Waals surface area contributed by atoms with E-state index in [0.29, 0.717) is 12.6 Å². The summed E-state index contributed by atoms with van der Waals surface area (Å²) >= 11 is 0. The van der Waals surface area contributed by atoms with Crippen molar-refractivity contribution in [2.24, 2.45) is 4.99 Å². The number of hydrogen-bond donors (Lipinski definition) is 2. The number of hydrogen-bond acceptors (Lipinski definition) is 4. The van der Waals surface area contributed by atoms with Crippen molar-refractivity contribution in [3.05, 3.63) is 30.1 Å². The topological polar surface area (TPSA) is 66.7 Å². The average Bonchev–Trinajstić information content (AvgIpc) is 3.32. The van der Waals surface area contributed by atoms with Crippen LogP contribution in [-0.2, 0) is 11.3 Å². The highest BCUT2D eigenvalue weighted by molar-refractivity contribution is 14.0. The number of fused-ring (bicyclic) bond motifs is 2. The predicted molar refractivity (Wildman–Crippen MR) is 133 cm³/mol. The molecule has 2 aliphatic heterocycles. The van der Waals surface area contributed by atoms with Gasteiger partial charge in [0.1, 0.15) is 5.82 Å². The van der Waals surface area contributed by atoms with Crippen LogP contribution in [-0.4, -0.2) is 71.9 Å². The van der Waals surface area contributed by atoms with Gasteiger partial charge in [-0.05, 0) is 51.8 Å². The highest BCUT2D eigenvalue weighted by Crippen LogP contribution is 2.22. The van der Waals surface area contributed by atoms with E-state index in [9.17, 15) is 0 Å². The maximum absolute atomic E-state index is 6.03. The molecule has 166 valence electrons. The van der Waals surface area contributed by atoms with Gasteiger partial charge in [-0.15, -0.1) is 24.0 Å². The van der Waals surface area contributed by atoms with E-state index < -0.39 is 0 Å². The summed E-state index contributed by atoms with van der Waals surface area (Å²) in [6.07, 6.45) is 3.81. The minimum Gasteiger partial charge on any atom is -0.373 e. The Morgan fingerprint density at radius 3 is 3.03 bits per heavy atom. The largest absolute Gasteiger partial charge is 0.373 e. The van der Waals surface area contributed by atoms with Crippen LogP contribution in [0.1, 0.15) is 32.0 Å². The van der Waals surface area contributed by atoms with Crippen LogP contribution >= 0.6 is 24.0 Å². The van der Waals surface area contributed by atoms with E-state index in [-0.39, 0.29) is 30.1 Å². The number of morpholine rings is 1. The molecule has 0 amide bonds. The molecule has 4 rings (SSSR count). The molecule has 2 atom stereocenters. The first-order valence-corrected chi connectivity index (χ1v) is 11.0. The summed E-state index contributed by atoms with van der Waals surface area (Å²) in [5.74, 6) is 1.95. The van der Waals surface area contributed by atoms with Crippen LogP contribution in [0, 0.1) is 6.92 Å². The van der Waals surface area contributed by atoms with Gasteiger partial charge in [0.15, 0.2) is 5.96 Å². The van der Waals surface area contributed by atoms with Crippen molar-refractivity contribution >= 4 is 41.0 Å². The number of aromatic nitrogens is 2. The maximum atomic E-state index is 6.03. The molecule has 0 aliphatic carbocycles. The molecule has 2 aromatic rings. The molecule has 7 nitrogen and oxygen atoms in total. The monoisotopic (exact) mass is 526 g/mol. The second-order valence-corrected chi connectivity index (χ2v) is 8.05. The molecule has 2 saturated heterocycles. The molecule has 30 heavy (non-hydrogen) atoms. The quantitative estimate of drug-likeness (QED) is 0.252. The van der Waals surface area contributed by atoms with Crippen LogP contribution in [0.25, 0.3) is 11.0 Å². The van der Waals surface area contributed by atoms with E-state index in [1.54, 1.807) is 0 Å². The molecule has 1 aromatic carbocycles. The molecule has 2 aliphatic rings. The minimum atomic E-state index is 0. The van der Waals surface area contributed by atoms with Crippen molar-refractivity contribution in [3.63, 3.8) is 0 Å². The Bertz CT molecular complexity index is 838. The van der Waals surface area contributed by atoms with Gasteiger partial charge in [0, 0.05) is 32.2 Å². The fraction of sp³-hybridized carbons (Fsp3) is 0.636. The summed E-state index contributed by atoms with van der Waals surface area (Å²) in [5.41, 5.74) is 2.28. The van der Waals surface area contributed by atoms with Crippen LogP contribution in [0.5, 0.6) is 0 Å². The Balaban J connectivity index is 0.00000256. The minimum absolute atomic E-state index is 0. The van der Waals surface area contributed by atoms with E-state index >= 15 is 0 Å². The zero-order valence-corrected chi connectivity index (χ0v) is 20.5. The van der Waals surface area contributed by atoms with Gasteiger partial charge >= 0.3 is 0 Å². The number of rotatable bonds is 7. The van der Waals surface area contributed by atoms with Crippen molar-refractivity contribution in [1.82, 2.24) is 25.1 Å². The lowest BCUT2D eigenvalue weighted by molar-refractivity contribution is -0.0432. The lowest BCUT2D eigenvalue weighted by Crippen LogP contribution is -2.47. The first kappa shape index (κ1) is 23.3. The number of nitrogens with zero attached hydrogens (tertiary/aromatic N) is 4. The van der Waals surface area contributed by atoms with Gasteiger partial charge in [-0.2, -0.15) is 0 Å². The van der Waals surface area contributed by atoms with Gasteiger partial charge in [0.2, 0.25) is 0 Å². The predicted octanol–water partition coefficient (Wildman–Crippen LogP) is 2.77. The summed E-state index contributed by atoms with van der Waals surface area (Å²) in [5, 5.41) is 6.83. The summed E-state index contributed by atoms with van der Waals surface area (Å²) in [6.45, 7) is 10.7. The van der Waals surface area contributed by atoms with Crippen molar-refractivity contribution < 1.29 is 4.74 Å². The van der Waals surface area contributed by atoms with Crippen LogP contribution in [0.2, 0.25) is 0 Å². The molecule has 0 radical (unpaired) electrons. The molecule has 2 unspecified atom stereocenters. The fourth-order valence-corrected chi connectivity index (χ4v) is 4.45. The standard InChI is InChI=1S/C22H34N6O.HI/c1-3-23-22(25-14-19-15-27-12-6-8-18(27)16-29-19)24-11-7-13-28-17(2)26-20-9-4-5-10-21(20)28;/h4-5,9-10,18-19H,3,6-8,11-16H2,1-2H3,(H2,23,24,25);1H. The molecule has 2 fully saturated rings. The highest BCUT2D eigenvalue weighted by Gasteiger charge is 2.31. The molecule has 2 N–H and O–H groups in total. The number of halogens is 1. The lowest BCUT2D eigenvalue weighted by atomic mass is 10.2. The first-order valence-electron chi connectivity index (χ1n) is 11.0. The SMILES string of the molecule is CCNC(=NCC1CN2CCCC2CO1)NCCCn1c(C)nc2ccccc21.I. The van der Waals surface area contributed by atoms with Crippen molar-refractivity contribution in [3.8, 4) is 0 Å². The zero-order valence-electron chi connectivity index (χ0n) is 18.1. The molecule has 1 aromatic heterocycles. The van der Waals surface area contributed by atoms with Crippen molar-refractivity contribution in [2.45, 2.75) is 51.8 Å². The van der Waals surface area contributed by atoms with Crippen LogP contribution in [0.15, 0.2) is 29.3 Å². The van der Waals surface area contributed by atoms with Gasteiger partial charge in [-0.3, -0.25) is 9.89 Å². The number of aliphatic imine (C=N–C) groups is 1. The Morgan fingerprint density at radius 2 is 2.17 bits per heavy atom. The van der Waals surface area contributed by atoms with Crippen LogP contribution in [0.3, 0.4) is 0 Å². The van der Waals surface area contributed by atoms with Gasteiger partial charge in [0.25, 0.3) is 0 Å². The first-order chi connectivity index (χ1) is 14.2. The lowest BCUT2D eigenvalue weighted by Gasteiger charge is -2.34. The molecule has 8 heteroatoms. The third-order valence-electron chi connectivity index (χ3n) is 5.96. The van der Waals surface area contributed by atoms with E-state index in [2.05, 4.69) is 57.1 Å². The van der Waals surface area contributed by atoms with Crippen LogP contribution in [0.4, 0.5) is 0 Å². The molecular formula is C22H35IN6O. The Labute approximate surface area is 196 Å². The third kappa shape index (κ3) is 5.64. The maximum Gasteiger partial charge on any atom is 0.191 e. The van der Waals surface area contributed by atoms with Crippen molar-refractivity contribution in [2.75, 3.05) is 39.3 Å². The number of imidazole rings is 1. The van der Waals surface area contributed by atoms with Gasteiger partial charge in [-0.1, -0.05) is 12.1 Å². The molecule has 3 heterocycles. The Morgan fingerprint density at radius 1 is 1.30 bits per heavy atom. The highest BCUT2D eigenvalue weighted by atomic mass is 127. The van der Waals surface area contributed by atoms with E-state index in [1.807, 2.05) is 6.07 Å². The molecular weight excluding hydrogens is 491 g/mol. The Hall–Kier alpha value is -1.39. The van der Waals surface area contributed by atoms with E-state index in [1.165, 1.54) is 24.9 Å². The van der Waals surface area contributed by atoms with E-state index in [0.717, 1.165) is 56.5 Å². The smallest absolute Gasteiger partial charge is 0.191 e. The molecule has 0 bridgehead atoms. The second-order valence-electron chi connectivity index (χ2n) is 8.05.